The number of aromatic nitrogens is 1. The number of amides is 3. The Balaban J connectivity index is 1.27. The lowest BCUT2D eigenvalue weighted by Gasteiger charge is -2.39. The maximum Gasteiger partial charge on any atom is 0.328 e. The number of hydrogen-bond acceptors (Lipinski definition) is 7. The van der Waals surface area contributed by atoms with Crippen LogP contribution < -0.4 is 15.4 Å². The predicted octanol–water partition coefficient (Wildman–Crippen LogP) is 4.60. The molecule has 1 aromatic heterocycles. The summed E-state index contributed by atoms with van der Waals surface area (Å²) in [4.78, 5) is 31.8. The first-order chi connectivity index (χ1) is 19.6. The second kappa shape index (κ2) is 10.6. The number of pyridine rings is 1. The van der Waals surface area contributed by atoms with Crippen LogP contribution in [0.1, 0.15) is 52.7 Å². The average molecular weight is 596 g/mol. The number of anilines is 2. The number of fused-ring (bicyclic) bond motifs is 2. The molecule has 2 aromatic carbocycles. The third-order valence-corrected chi connectivity index (χ3v) is 9.32. The van der Waals surface area contributed by atoms with Crippen molar-refractivity contribution in [1.29, 1.82) is 0 Å². The first kappa shape index (κ1) is 27.5. The Kier molecular flexibility index (Phi) is 7.13. The summed E-state index contributed by atoms with van der Waals surface area (Å²) in [7, 11) is -4.30. The Bertz CT molecular complexity index is 1630. The van der Waals surface area contributed by atoms with Crippen LogP contribution in [0.4, 0.5) is 16.2 Å². The molecule has 3 aromatic rings. The molecule has 2 fully saturated rings. The fourth-order valence-electron chi connectivity index (χ4n) is 5.43. The monoisotopic (exact) mass is 595 g/mol. The van der Waals surface area contributed by atoms with E-state index >= 15 is 0 Å². The van der Waals surface area contributed by atoms with Gasteiger partial charge in [0.05, 0.1) is 23.5 Å². The van der Waals surface area contributed by atoms with Crippen LogP contribution in [0, 0.1) is 6.92 Å². The molecule has 3 heterocycles. The van der Waals surface area contributed by atoms with E-state index in [9.17, 15) is 18.0 Å². The van der Waals surface area contributed by atoms with E-state index in [1.165, 1.54) is 23.4 Å². The molecule has 3 amide bonds. The van der Waals surface area contributed by atoms with E-state index in [1.54, 1.807) is 23.1 Å². The third-order valence-electron chi connectivity index (χ3n) is 7.85. The highest BCUT2D eigenvalue weighted by atomic mass is 35.5. The largest absolute Gasteiger partial charge is 0.365 e. The van der Waals surface area contributed by atoms with Gasteiger partial charge in [-0.05, 0) is 67.5 Å². The molecule has 3 aliphatic rings. The summed E-state index contributed by atoms with van der Waals surface area (Å²) in [6, 6.07) is 13.8. The molecule has 10 nitrogen and oxygen atoms in total. The molecule has 3 N–H and O–H groups in total. The number of carbonyl (C=O) groups excluding carboxylic acids is 2. The Morgan fingerprint density at radius 1 is 1.07 bits per heavy atom. The van der Waals surface area contributed by atoms with Gasteiger partial charge in [-0.15, -0.1) is 0 Å². The summed E-state index contributed by atoms with van der Waals surface area (Å²) in [6.07, 6.45) is 4.17. The van der Waals surface area contributed by atoms with Crippen molar-refractivity contribution >= 4 is 44.9 Å². The number of ether oxygens (including phenoxy) is 1. The maximum atomic E-state index is 13.8. The van der Waals surface area contributed by atoms with Gasteiger partial charge in [0.15, 0.2) is 5.03 Å². The number of urea groups is 1. The van der Waals surface area contributed by atoms with Crippen LogP contribution in [0.3, 0.4) is 0 Å². The lowest BCUT2D eigenvalue weighted by molar-refractivity contribution is -0.0741. The Hall–Kier alpha value is -3.67. The predicted molar refractivity (Wildman–Crippen MR) is 154 cm³/mol. The molecule has 2 aliphatic heterocycles. The van der Waals surface area contributed by atoms with Gasteiger partial charge in [-0.1, -0.05) is 35.9 Å². The van der Waals surface area contributed by atoms with Gasteiger partial charge in [0.25, 0.3) is 15.9 Å². The summed E-state index contributed by atoms with van der Waals surface area (Å²) < 4.78 is 34.2. The van der Waals surface area contributed by atoms with Gasteiger partial charge in [-0.2, -0.15) is 8.42 Å². The van der Waals surface area contributed by atoms with Crippen molar-refractivity contribution in [3.63, 3.8) is 0 Å². The SMILES string of the molecule is Cc1cc(Cl)ccc1Nc1cc(S(=O)(=O)NC(=O)NC2CC2)ncc1C(=O)N1CCC2(CC1)OCc1ccccc12. The number of benzene rings is 2. The number of hydrogen-bond donors (Lipinski definition) is 3. The molecule has 6 rings (SSSR count). The Morgan fingerprint density at radius 2 is 1.83 bits per heavy atom. The number of sulfonamides is 1. The van der Waals surface area contributed by atoms with Crippen molar-refractivity contribution in [2.24, 2.45) is 0 Å². The van der Waals surface area contributed by atoms with Crippen LogP contribution in [0.5, 0.6) is 0 Å². The minimum atomic E-state index is -4.30. The van der Waals surface area contributed by atoms with Gasteiger partial charge >= 0.3 is 6.03 Å². The van der Waals surface area contributed by atoms with Crippen LogP contribution in [-0.2, 0) is 27.0 Å². The Morgan fingerprint density at radius 3 is 2.56 bits per heavy atom. The molecular formula is C29H30ClN5O5S. The van der Waals surface area contributed by atoms with Gasteiger partial charge in [0.2, 0.25) is 0 Å². The van der Waals surface area contributed by atoms with Crippen LogP contribution in [0.25, 0.3) is 0 Å². The second-order valence-corrected chi connectivity index (χ2v) is 12.8. The second-order valence-electron chi connectivity index (χ2n) is 10.7. The zero-order valence-corrected chi connectivity index (χ0v) is 24.0. The zero-order chi connectivity index (χ0) is 28.8. The number of rotatable bonds is 6. The lowest BCUT2D eigenvalue weighted by Crippen LogP contribution is -2.45. The zero-order valence-electron chi connectivity index (χ0n) is 22.4. The molecule has 0 atom stereocenters. The number of aryl methyl sites for hydroxylation is 1. The molecule has 1 spiro atoms. The highest BCUT2D eigenvalue weighted by molar-refractivity contribution is 7.90. The standard InChI is InChI=1S/C29H30ClN5O5S/c1-18-14-20(30)6-9-24(18)33-25-15-26(41(38,39)34-28(37)32-21-7-8-21)31-16-22(25)27(36)35-12-10-29(11-13-35)23-5-3-2-4-19(23)17-40-29/h2-6,9,14-16,21H,7-8,10-13,17H2,1H3,(H,31,33)(H2,32,34,37). The highest BCUT2D eigenvalue weighted by Gasteiger charge is 2.43. The summed E-state index contributed by atoms with van der Waals surface area (Å²) in [5.74, 6) is -0.281. The van der Waals surface area contributed by atoms with Gasteiger partial charge in [-0.3, -0.25) is 4.79 Å². The molecule has 0 radical (unpaired) electrons. The first-order valence-electron chi connectivity index (χ1n) is 13.5. The van der Waals surface area contributed by atoms with E-state index in [1.807, 2.05) is 23.8 Å². The number of nitrogens with zero attached hydrogens (tertiary/aromatic N) is 2. The van der Waals surface area contributed by atoms with E-state index in [-0.39, 0.29) is 28.2 Å². The molecule has 12 heteroatoms. The van der Waals surface area contributed by atoms with Crippen LogP contribution >= 0.6 is 11.6 Å². The summed E-state index contributed by atoms with van der Waals surface area (Å²) in [5, 5.41) is 5.95. The van der Waals surface area contributed by atoms with Crippen molar-refractivity contribution in [3.8, 4) is 0 Å². The molecule has 1 aliphatic carbocycles. The van der Waals surface area contributed by atoms with Gasteiger partial charge in [-0.25, -0.2) is 14.5 Å². The maximum absolute atomic E-state index is 13.8. The average Bonchev–Trinajstić information content (AvgIpc) is 3.70. The highest BCUT2D eigenvalue weighted by Crippen LogP contribution is 2.44. The van der Waals surface area contributed by atoms with Crippen LogP contribution in [0.15, 0.2) is 59.8 Å². The first-order valence-corrected chi connectivity index (χ1v) is 15.4. The number of carbonyl (C=O) groups is 2. The van der Waals surface area contributed by atoms with Crippen LogP contribution in [-0.4, -0.2) is 49.4 Å². The molecule has 0 bridgehead atoms. The molecular weight excluding hydrogens is 566 g/mol. The quantitative estimate of drug-likeness (QED) is 0.380. The third kappa shape index (κ3) is 5.61. The van der Waals surface area contributed by atoms with Crippen LogP contribution in [0.2, 0.25) is 5.02 Å². The van der Waals surface area contributed by atoms with Gasteiger partial charge < -0.3 is 20.3 Å². The van der Waals surface area contributed by atoms with Gasteiger partial charge in [0, 0.05) is 42.1 Å². The van der Waals surface area contributed by atoms with E-state index in [4.69, 9.17) is 16.3 Å². The minimum Gasteiger partial charge on any atom is -0.365 e. The molecule has 1 saturated carbocycles. The van der Waals surface area contributed by atoms with Gasteiger partial charge in [0.1, 0.15) is 0 Å². The van der Waals surface area contributed by atoms with E-state index in [2.05, 4.69) is 27.8 Å². The van der Waals surface area contributed by atoms with Crippen molar-refractivity contribution in [2.45, 2.75) is 55.9 Å². The van der Waals surface area contributed by atoms with Crippen molar-refractivity contribution < 1.29 is 22.7 Å². The fourth-order valence-corrected chi connectivity index (χ4v) is 6.52. The molecule has 1 saturated heterocycles. The van der Waals surface area contributed by atoms with Crippen molar-refractivity contribution in [3.05, 3.63) is 82.0 Å². The topological polar surface area (TPSA) is 130 Å². The van der Waals surface area contributed by atoms with Crippen molar-refractivity contribution in [2.75, 3.05) is 18.4 Å². The Labute approximate surface area is 243 Å². The molecule has 41 heavy (non-hydrogen) atoms. The molecule has 0 unspecified atom stereocenters. The number of piperidine rings is 1. The smallest absolute Gasteiger partial charge is 0.328 e. The van der Waals surface area contributed by atoms with Crippen molar-refractivity contribution in [1.82, 2.24) is 19.9 Å². The lowest BCUT2D eigenvalue weighted by atomic mass is 9.83. The minimum absolute atomic E-state index is 0.0185. The fraction of sp³-hybridized carbons (Fsp3) is 0.345. The summed E-state index contributed by atoms with van der Waals surface area (Å²) in [5.41, 5.74) is 3.87. The molecule has 214 valence electrons. The summed E-state index contributed by atoms with van der Waals surface area (Å²) >= 11 is 6.13. The van der Waals surface area contributed by atoms with E-state index < -0.39 is 21.7 Å². The normalized spacial score (nSPS) is 17.7. The van der Waals surface area contributed by atoms with E-state index in [0.29, 0.717) is 43.2 Å². The number of nitrogens with one attached hydrogen (secondary N) is 3. The number of likely N-dealkylation sites (tertiary alicyclic amines) is 1. The number of halogens is 1. The van der Waals surface area contributed by atoms with E-state index in [0.717, 1.165) is 18.4 Å². The summed E-state index contributed by atoms with van der Waals surface area (Å²) in [6.45, 7) is 3.35.